The molecule has 8 heteroatoms. The van der Waals surface area contributed by atoms with Crippen molar-refractivity contribution < 1.29 is 24.2 Å². The van der Waals surface area contributed by atoms with Crippen molar-refractivity contribution in [1.82, 2.24) is 0 Å². The number of amides is 1. The zero-order valence-electron chi connectivity index (χ0n) is 17.0. The van der Waals surface area contributed by atoms with E-state index in [1.165, 1.54) is 6.07 Å². The lowest BCUT2D eigenvalue weighted by Gasteiger charge is -2.04. The third-order valence-electron chi connectivity index (χ3n) is 4.18. The van der Waals surface area contributed by atoms with Crippen LogP contribution in [0.25, 0.3) is 6.08 Å². The molecule has 2 aromatic carbocycles. The Labute approximate surface area is 194 Å². The molecular formula is C24H18ClNO5S. The zero-order chi connectivity index (χ0) is 23.1. The molecule has 0 saturated heterocycles. The molecule has 32 heavy (non-hydrogen) atoms. The molecule has 0 atom stereocenters. The Bertz CT molecular complexity index is 1180. The number of nitrogens with zero attached hydrogens (tertiary/aromatic N) is 1. The smallest absolute Gasteiger partial charge is 0.344 e. The Kier molecular flexibility index (Phi) is 7.77. The van der Waals surface area contributed by atoms with Gasteiger partial charge in [0.15, 0.2) is 0 Å². The van der Waals surface area contributed by atoms with Crippen molar-refractivity contribution in [3.8, 4) is 18.1 Å². The molecule has 0 aromatic heterocycles. The fourth-order valence-corrected chi connectivity index (χ4v) is 3.94. The SMILES string of the molecule is C#CCOc1ccc(/C=C2\SC(=NC(=O)c3ccccc3Cl)C(C(=O)OCC)=C2O)cc1. The van der Waals surface area contributed by atoms with Crippen molar-refractivity contribution >= 4 is 46.4 Å². The maximum atomic E-state index is 12.7. The van der Waals surface area contributed by atoms with Crippen LogP contribution in [0.5, 0.6) is 5.75 Å². The molecule has 0 radical (unpaired) electrons. The predicted octanol–water partition coefficient (Wildman–Crippen LogP) is 5.05. The summed E-state index contributed by atoms with van der Waals surface area (Å²) < 4.78 is 10.4. The van der Waals surface area contributed by atoms with Crippen molar-refractivity contribution in [2.45, 2.75) is 6.92 Å². The van der Waals surface area contributed by atoms with Crippen molar-refractivity contribution in [1.29, 1.82) is 0 Å². The van der Waals surface area contributed by atoms with E-state index in [0.29, 0.717) is 10.7 Å². The highest BCUT2D eigenvalue weighted by atomic mass is 35.5. The number of hydrogen-bond acceptors (Lipinski definition) is 6. The van der Waals surface area contributed by atoms with Crippen LogP contribution in [-0.2, 0) is 9.53 Å². The minimum absolute atomic E-state index is 0.0334. The normalized spacial score (nSPS) is 15.7. The molecule has 3 rings (SSSR count). The van der Waals surface area contributed by atoms with Crippen LogP contribution < -0.4 is 4.74 Å². The summed E-state index contributed by atoms with van der Waals surface area (Å²) in [5.74, 6) is 1.27. The molecule has 0 fully saturated rings. The second kappa shape index (κ2) is 10.7. The third-order valence-corrected chi connectivity index (χ3v) is 5.53. The van der Waals surface area contributed by atoms with E-state index in [9.17, 15) is 14.7 Å². The Balaban J connectivity index is 1.95. The lowest BCUT2D eigenvalue weighted by molar-refractivity contribution is -0.138. The summed E-state index contributed by atoms with van der Waals surface area (Å²) in [5.41, 5.74) is 0.747. The number of halogens is 1. The molecule has 162 valence electrons. The van der Waals surface area contributed by atoms with Gasteiger partial charge in [-0.2, -0.15) is 0 Å². The van der Waals surface area contributed by atoms with Crippen LogP contribution in [0, 0.1) is 12.3 Å². The molecule has 2 aromatic rings. The van der Waals surface area contributed by atoms with Gasteiger partial charge in [0.05, 0.1) is 22.1 Å². The number of thioether (sulfide) groups is 1. The number of rotatable bonds is 6. The molecule has 1 aliphatic rings. The Hall–Kier alpha value is -3.47. The number of aliphatic imine (C=N–C) groups is 1. The number of aliphatic hydroxyl groups excluding tert-OH is 1. The second-order valence-corrected chi connectivity index (χ2v) is 7.76. The van der Waals surface area contributed by atoms with Crippen LogP contribution in [0.15, 0.2) is 69.8 Å². The fourth-order valence-electron chi connectivity index (χ4n) is 2.72. The van der Waals surface area contributed by atoms with Gasteiger partial charge >= 0.3 is 5.97 Å². The largest absolute Gasteiger partial charge is 0.506 e. The molecule has 1 amide bonds. The highest BCUT2D eigenvalue weighted by Crippen LogP contribution is 2.39. The van der Waals surface area contributed by atoms with Crippen LogP contribution in [0.3, 0.4) is 0 Å². The summed E-state index contributed by atoms with van der Waals surface area (Å²) in [6.07, 6.45) is 6.84. The second-order valence-electron chi connectivity index (χ2n) is 6.32. The van der Waals surface area contributed by atoms with Gasteiger partial charge < -0.3 is 14.6 Å². The van der Waals surface area contributed by atoms with Crippen molar-refractivity contribution in [2.24, 2.45) is 4.99 Å². The number of carbonyl (C=O) groups is 2. The molecule has 1 heterocycles. The third kappa shape index (κ3) is 5.41. The van der Waals surface area contributed by atoms with E-state index in [4.69, 9.17) is 27.5 Å². The first kappa shape index (κ1) is 23.2. The van der Waals surface area contributed by atoms with Gasteiger partial charge in [-0.15, -0.1) is 6.42 Å². The van der Waals surface area contributed by atoms with Crippen LogP contribution in [0.1, 0.15) is 22.8 Å². The van der Waals surface area contributed by atoms with Gasteiger partial charge in [-0.25, -0.2) is 9.79 Å². The minimum Gasteiger partial charge on any atom is -0.506 e. The van der Waals surface area contributed by atoms with Crippen LogP contribution in [0.2, 0.25) is 5.02 Å². The van der Waals surface area contributed by atoms with Crippen LogP contribution >= 0.6 is 23.4 Å². The van der Waals surface area contributed by atoms with Gasteiger partial charge in [0, 0.05) is 0 Å². The monoisotopic (exact) mass is 467 g/mol. The van der Waals surface area contributed by atoms with Gasteiger partial charge in [-0.3, -0.25) is 4.79 Å². The average molecular weight is 468 g/mol. The first-order valence-electron chi connectivity index (χ1n) is 9.49. The fraction of sp³-hybridized carbons (Fsp3) is 0.125. The van der Waals surface area contributed by atoms with Gasteiger partial charge in [0.25, 0.3) is 5.91 Å². The maximum Gasteiger partial charge on any atom is 0.344 e. The lowest BCUT2D eigenvalue weighted by Crippen LogP contribution is -2.14. The average Bonchev–Trinajstić information content (AvgIpc) is 3.08. The van der Waals surface area contributed by atoms with Gasteiger partial charge in [-0.1, -0.05) is 53.5 Å². The highest BCUT2D eigenvalue weighted by Gasteiger charge is 2.34. The highest BCUT2D eigenvalue weighted by molar-refractivity contribution is 8.18. The molecule has 1 aliphatic heterocycles. The quantitative estimate of drug-likeness (QED) is 0.472. The van der Waals surface area contributed by atoms with Gasteiger partial charge in [0.2, 0.25) is 0 Å². The Morgan fingerprint density at radius 1 is 1.22 bits per heavy atom. The lowest BCUT2D eigenvalue weighted by atomic mass is 10.1. The summed E-state index contributed by atoms with van der Waals surface area (Å²) in [6.45, 7) is 1.90. The van der Waals surface area contributed by atoms with E-state index in [1.54, 1.807) is 55.5 Å². The first-order chi connectivity index (χ1) is 15.4. The molecule has 1 N–H and O–H groups in total. The summed E-state index contributed by atoms with van der Waals surface area (Å²) >= 11 is 7.07. The Morgan fingerprint density at radius 2 is 1.94 bits per heavy atom. The van der Waals surface area contributed by atoms with Crippen molar-refractivity contribution in [2.75, 3.05) is 13.2 Å². The number of esters is 1. The van der Waals surface area contributed by atoms with E-state index in [2.05, 4.69) is 10.9 Å². The Morgan fingerprint density at radius 3 is 2.59 bits per heavy atom. The number of benzene rings is 2. The molecule has 0 bridgehead atoms. The van der Waals surface area contributed by atoms with E-state index in [-0.39, 0.29) is 40.2 Å². The summed E-state index contributed by atoms with van der Waals surface area (Å²) in [4.78, 5) is 29.5. The van der Waals surface area contributed by atoms with Gasteiger partial charge in [-0.05, 0) is 42.8 Å². The standard InChI is InChI=1S/C24H18ClNO5S/c1-3-13-31-16-11-9-15(10-12-16)14-19-21(27)20(24(29)30-4-2)23(32-19)26-22(28)17-7-5-6-8-18(17)25/h1,5-12,14,27H,4,13H2,2H3/b19-14-,26-23?. The topological polar surface area (TPSA) is 85.2 Å². The van der Waals surface area contributed by atoms with Crippen molar-refractivity contribution in [3.63, 3.8) is 0 Å². The molecule has 0 unspecified atom stereocenters. The maximum absolute atomic E-state index is 12.7. The predicted molar refractivity (Wildman–Crippen MR) is 126 cm³/mol. The van der Waals surface area contributed by atoms with E-state index in [0.717, 1.165) is 17.3 Å². The van der Waals surface area contributed by atoms with E-state index >= 15 is 0 Å². The molecule has 0 saturated carbocycles. The first-order valence-corrected chi connectivity index (χ1v) is 10.7. The van der Waals surface area contributed by atoms with E-state index in [1.807, 2.05) is 0 Å². The molecular weight excluding hydrogens is 450 g/mol. The summed E-state index contributed by atoms with van der Waals surface area (Å²) in [7, 11) is 0. The minimum atomic E-state index is -0.773. The number of terminal acetylenes is 1. The van der Waals surface area contributed by atoms with Gasteiger partial charge in [0.1, 0.15) is 28.7 Å². The molecule has 6 nitrogen and oxygen atoms in total. The molecule has 0 spiro atoms. The van der Waals surface area contributed by atoms with Crippen LogP contribution in [0.4, 0.5) is 0 Å². The number of ether oxygens (including phenoxy) is 2. The molecule has 0 aliphatic carbocycles. The zero-order valence-corrected chi connectivity index (χ0v) is 18.6. The summed E-state index contributed by atoms with van der Waals surface area (Å²) in [5, 5.41) is 11.0. The summed E-state index contributed by atoms with van der Waals surface area (Å²) in [6, 6.07) is 13.4. The number of hydrogen-bond donors (Lipinski definition) is 1. The number of carbonyl (C=O) groups excluding carboxylic acids is 2. The van der Waals surface area contributed by atoms with Crippen molar-refractivity contribution in [3.05, 3.63) is 80.9 Å². The van der Waals surface area contributed by atoms with Crippen LogP contribution in [-0.4, -0.2) is 35.2 Å². The van der Waals surface area contributed by atoms with E-state index < -0.39 is 11.9 Å². The number of aliphatic hydroxyl groups is 1.